The van der Waals surface area contributed by atoms with E-state index >= 15 is 0 Å². The van der Waals surface area contributed by atoms with Crippen molar-refractivity contribution in [1.82, 2.24) is 15.1 Å². The Morgan fingerprint density at radius 1 is 1.11 bits per heavy atom. The molecule has 1 amide bonds. The summed E-state index contributed by atoms with van der Waals surface area (Å²) in [6, 6.07) is 12.7. The lowest BCUT2D eigenvalue weighted by Crippen LogP contribution is -2.22. The smallest absolute Gasteiger partial charge is 0.312 e. The van der Waals surface area contributed by atoms with E-state index in [9.17, 15) is 14.9 Å². The summed E-state index contributed by atoms with van der Waals surface area (Å²) in [5.74, 6) is 1.68. The van der Waals surface area contributed by atoms with Gasteiger partial charge >= 0.3 is 5.69 Å². The standard InChI is InChI=1S/C26H32N4O5/c1-17(2)12-13-35-23-11-8-21(14-24(23)34-5)15-27-26(31)22-9-6-20(7-10-22)16-29-19(4)25(30(32)33)18(3)28-29/h6-11,14,17H,12-13,15-16H2,1-5H3,(H,27,31). The van der Waals surface area contributed by atoms with E-state index in [0.717, 1.165) is 17.5 Å². The number of aromatic nitrogens is 2. The van der Waals surface area contributed by atoms with Crippen LogP contribution in [-0.2, 0) is 13.1 Å². The van der Waals surface area contributed by atoms with E-state index in [0.29, 0.717) is 54.1 Å². The molecular formula is C26H32N4O5. The number of benzene rings is 2. The molecule has 3 aromatic rings. The number of nitro groups is 1. The Bertz CT molecular complexity index is 1190. The topological polar surface area (TPSA) is 109 Å². The van der Waals surface area contributed by atoms with Crippen molar-refractivity contribution in [2.75, 3.05) is 13.7 Å². The lowest BCUT2D eigenvalue weighted by atomic mass is 10.1. The molecule has 1 N–H and O–H groups in total. The van der Waals surface area contributed by atoms with Crippen molar-refractivity contribution < 1.29 is 19.2 Å². The molecule has 1 heterocycles. The van der Waals surface area contributed by atoms with Gasteiger partial charge in [0.15, 0.2) is 11.5 Å². The maximum atomic E-state index is 12.6. The number of nitrogens with zero attached hydrogens (tertiary/aromatic N) is 3. The molecule has 35 heavy (non-hydrogen) atoms. The summed E-state index contributed by atoms with van der Waals surface area (Å²) in [4.78, 5) is 23.4. The summed E-state index contributed by atoms with van der Waals surface area (Å²) >= 11 is 0. The number of carbonyl (C=O) groups excluding carboxylic acids is 1. The number of methoxy groups -OCH3 is 1. The summed E-state index contributed by atoms with van der Waals surface area (Å²) in [5.41, 5.74) is 3.23. The van der Waals surface area contributed by atoms with Crippen molar-refractivity contribution >= 4 is 11.6 Å². The van der Waals surface area contributed by atoms with Gasteiger partial charge < -0.3 is 14.8 Å². The highest BCUT2D eigenvalue weighted by molar-refractivity contribution is 5.94. The van der Waals surface area contributed by atoms with Crippen LogP contribution in [0.4, 0.5) is 5.69 Å². The number of carbonyl (C=O) groups is 1. The third kappa shape index (κ3) is 6.59. The Kier molecular flexibility index (Phi) is 8.46. The molecule has 0 saturated carbocycles. The lowest BCUT2D eigenvalue weighted by molar-refractivity contribution is -0.386. The second-order valence-electron chi connectivity index (χ2n) is 8.83. The zero-order valence-electron chi connectivity index (χ0n) is 20.8. The van der Waals surface area contributed by atoms with E-state index < -0.39 is 4.92 Å². The number of amides is 1. The van der Waals surface area contributed by atoms with Crippen LogP contribution in [0.1, 0.15) is 53.1 Å². The molecular weight excluding hydrogens is 448 g/mol. The number of hydrogen-bond acceptors (Lipinski definition) is 6. The zero-order valence-corrected chi connectivity index (χ0v) is 20.8. The molecule has 0 aliphatic heterocycles. The predicted molar refractivity (Wildman–Crippen MR) is 133 cm³/mol. The molecule has 0 aliphatic carbocycles. The summed E-state index contributed by atoms with van der Waals surface area (Å²) in [6.45, 7) is 8.95. The van der Waals surface area contributed by atoms with Gasteiger partial charge in [0.05, 0.1) is 25.2 Å². The van der Waals surface area contributed by atoms with Crippen molar-refractivity contribution in [2.45, 2.75) is 47.2 Å². The molecule has 0 aliphatic rings. The van der Waals surface area contributed by atoms with E-state index in [4.69, 9.17) is 9.47 Å². The van der Waals surface area contributed by atoms with Gasteiger partial charge in [0.25, 0.3) is 5.91 Å². The van der Waals surface area contributed by atoms with E-state index in [1.54, 1.807) is 37.8 Å². The first-order chi connectivity index (χ1) is 16.7. The van der Waals surface area contributed by atoms with Crippen molar-refractivity contribution in [3.63, 3.8) is 0 Å². The van der Waals surface area contributed by atoms with Gasteiger partial charge in [0.2, 0.25) is 0 Å². The van der Waals surface area contributed by atoms with Crippen LogP contribution in [-0.4, -0.2) is 34.3 Å². The quantitative estimate of drug-likeness (QED) is 0.311. The van der Waals surface area contributed by atoms with Crippen LogP contribution in [0.3, 0.4) is 0 Å². The first-order valence-electron chi connectivity index (χ1n) is 11.5. The molecule has 186 valence electrons. The van der Waals surface area contributed by atoms with E-state index in [2.05, 4.69) is 24.3 Å². The molecule has 0 saturated heterocycles. The van der Waals surface area contributed by atoms with E-state index in [1.165, 1.54) is 0 Å². The van der Waals surface area contributed by atoms with Gasteiger partial charge in [-0.05, 0) is 61.6 Å². The number of ether oxygens (including phenoxy) is 2. The maximum Gasteiger partial charge on any atom is 0.312 e. The number of nitrogens with one attached hydrogen (secondary N) is 1. The predicted octanol–water partition coefficient (Wildman–Crippen LogP) is 4.82. The average Bonchev–Trinajstić information content (AvgIpc) is 3.10. The highest BCUT2D eigenvalue weighted by atomic mass is 16.6. The van der Waals surface area contributed by atoms with Gasteiger partial charge in [-0.15, -0.1) is 0 Å². The molecule has 9 heteroatoms. The molecule has 1 aromatic heterocycles. The normalized spacial score (nSPS) is 10.9. The first-order valence-corrected chi connectivity index (χ1v) is 11.5. The molecule has 9 nitrogen and oxygen atoms in total. The van der Waals surface area contributed by atoms with Gasteiger partial charge in [-0.25, -0.2) is 0 Å². The van der Waals surface area contributed by atoms with Crippen LogP contribution in [0, 0.1) is 29.9 Å². The first kappa shape index (κ1) is 25.7. The van der Waals surface area contributed by atoms with Crippen LogP contribution in [0.15, 0.2) is 42.5 Å². The molecule has 2 aromatic carbocycles. The maximum absolute atomic E-state index is 12.6. The lowest BCUT2D eigenvalue weighted by Gasteiger charge is -2.13. The Labute approximate surface area is 205 Å². The summed E-state index contributed by atoms with van der Waals surface area (Å²) < 4.78 is 12.9. The third-order valence-electron chi connectivity index (χ3n) is 5.71. The summed E-state index contributed by atoms with van der Waals surface area (Å²) in [5, 5.41) is 18.4. The van der Waals surface area contributed by atoms with Gasteiger partial charge in [-0.2, -0.15) is 5.10 Å². The minimum Gasteiger partial charge on any atom is -0.493 e. The van der Waals surface area contributed by atoms with Gasteiger partial charge in [0, 0.05) is 12.1 Å². The van der Waals surface area contributed by atoms with Crippen LogP contribution in [0.2, 0.25) is 0 Å². The van der Waals surface area contributed by atoms with Gasteiger partial charge in [-0.3, -0.25) is 19.6 Å². The molecule has 0 fully saturated rings. The molecule has 0 bridgehead atoms. The van der Waals surface area contributed by atoms with Crippen molar-refractivity contribution in [2.24, 2.45) is 5.92 Å². The van der Waals surface area contributed by atoms with Crippen molar-refractivity contribution in [1.29, 1.82) is 0 Å². The van der Waals surface area contributed by atoms with E-state index in [1.807, 2.05) is 30.3 Å². The summed E-state index contributed by atoms with van der Waals surface area (Å²) in [7, 11) is 1.60. The molecule has 0 radical (unpaired) electrons. The monoisotopic (exact) mass is 480 g/mol. The van der Waals surface area contributed by atoms with Crippen LogP contribution < -0.4 is 14.8 Å². The molecule has 0 unspecified atom stereocenters. The largest absolute Gasteiger partial charge is 0.493 e. The fraction of sp³-hybridized carbons (Fsp3) is 0.385. The highest BCUT2D eigenvalue weighted by Crippen LogP contribution is 2.28. The average molecular weight is 481 g/mol. The van der Waals surface area contributed by atoms with Crippen LogP contribution in [0.25, 0.3) is 0 Å². The van der Waals surface area contributed by atoms with Crippen LogP contribution >= 0.6 is 0 Å². The third-order valence-corrected chi connectivity index (χ3v) is 5.71. The fourth-order valence-electron chi connectivity index (χ4n) is 3.67. The SMILES string of the molecule is COc1cc(CNC(=O)c2ccc(Cn3nc(C)c([N+](=O)[O-])c3C)cc2)ccc1OCCC(C)C. The minimum atomic E-state index is -0.412. The van der Waals surface area contributed by atoms with E-state index in [-0.39, 0.29) is 11.6 Å². The Hall–Kier alpha value is -3.88. The second kappa shape index (κ2) is 11.5. The zero-order chi connectivity index (χ0) is 25.5. The Morgan fingerprint density at radius 2 is 1.80 bits per heavy atom. The van der Waals surface area contributed by atoms with Crippen molar-refractivity contribution in [3.05, 3.63) is 80.7 Å². The highest BCUT2D eigenvalue weighted by Gasteiger charge is 2.21. The minimum absolute atomic E-state index is 0.0350. The number of hydrogen-bond donors (Lipinski definition) is 1. The Balaban J connectivity index is 1.59. The van der Waals surface area contributed by atoms with Crippen molar-refractivity contribution in [3.8, 4) is 11.5 Å². The van der Waals surface area contributed by atoms with Gasteiger partial charge in [0.1, 0.15) is 11.4 Å². The summed E-state index contributed by atoms with van der Waals surface area (Å²) in [6.07, 6.45) is 0.959. The second-order valence-corrected chi connectivity index (χ2v) is 8.83. The number of aryl methyl sites for hydroxylation is 1. The van der Waals surface area contributed by atoms with Gasteiger partial charge in [-0.1, -0.05) is 32.0 Å². The number of rotatable bonds is 11. The Morgan fingerprint density at radius 3 is 2.40 bits per heavy atom. The molecule has 0 spiro atoms. The van der Waals surface area contributed by atoms with Crippen LogP contribution in [0.5, 0.6) is 11.5 Å². The molecule has 3 rings (SSSR count). The fourth-order valence-corrected chi connectivity index (χ4v) is 3.67. The molecule has 0 atom stereocenters.